The number of hydrogen-bond acceptors (Lipinski definition) is 7. The molecular weight excluding hydrogens is 456 g/mol. The van der Waals surface area contributed by atoms with Gasteiger partial charge in [-0.3, -0.25) is 24.6 Å². The van der Waals surface area contributed by atoms with E-state index in [1.54, 1.807) is 30.3 Å². The fraction of sp³-hybridized carbons (Fsp3) is 0.0800. The van der Waals surface area contributed by atoms with Crippen LogP contribution in [-0.2, 0) is 11.3 Å². The van der Waals surface area contributed by atoms with Gasteiger partial charge in [0.25, 0.3) is 16.8 Å². The molecule has 34 heavy (non-hydrogen) atoms. The lowest BCUT2D eigenvalue weighted by Crippen LogP contribution is -2.27. The van der Waals surface area contributed by atoms with Gasteiger partial charge >= 0.3 is 5.97 Å². The van der Waals surface area contributed by atoms with Crippen LogP contribution in [-0.4, -0.2) is 26.9 Å². The molecule has 0 aliphatic carbocycles. The Morgan fingerprint density at radius 1 is 1.06 bits per heavy atom. The Kier molecular flexibility index (Phi) is 6.55. The molecule has 0 atom stereocenters. The minimum absolute atomic E-state index is 0.130. The lowest BCUT2D eigenvalue weighted by Gasteiger charge is -2.12. The van der Waals surface area contributed by atoms with Gasteiger partial charge in [0.15, 0.2) is 0 Å². The van der Waals surface area contributed by atoms with Gasteiger partial charge in [0.2, 0.25) is 0 Å². The Labute approximate surface area is 199 Å². The molecule has 1 saturated heterocycles. The zero-order valence-corrected chi connectivity index (χ0v) is 18.8. The summed E-state index contributed by atoms with van der Waals surface area (Å²) in [5.74, 6) is -0.828. The van der Waals surface area contributed by atoms with E-state index in [-0.39, 0.29) is 39.6 Å². The van der Waals surface area contributed by atoms with E-state index >= 15 is 0 Å². The standard InChI is InChI=1S/C25H18N2O6S/c1-16-5-7-17(8-6-16)15-26-23(28)22(34-25(26)30)14-18-3-2-4-21(13-18)33-24(29)19-9-11-20(12-10-19)27(31)32/h2-14H,15H2,1H3/b22-14-. The van der Waals surface area contributed by atoms with Gasteiger partial charge in [-0.1, -0.05) is 42.0 Å². The summed E-state index contributed by atoms with van der Waals surface area (Å²) in [5.41, 5.74) is 2.55. The largest absolute Gasteiger partial charge is 0.423 e. The summed E-state index contributed by atoms with van der Waals surface area (Å²) in [4.78, 5) is 49.2. The van der Waals surface area contributed by atoms with Crippen LogP contribution < -0.4 is 4.74 Å². The van der Waals surface area contributed by atoms with Crippen molar-refractivity contribution in [2.75, 3.05) is 0 Å². The van der Waals surface area contributed by atoms with Crippen molar-refractivity contribution in [2.24, 2.45) is 0 Å². The number of ether oxygens (including phenoxy) is 1. The molecule has 0 N–H and O–H groups in total. The highest BCUT2D eigenvalue weighted by Gasteiger charge is 2.35. The first-order chi connectivity index (χ1) is 16.3. The smallest absolute Gasteiger partial charge is 0.343 e. The lowest BCUT2D eigenvalue weighted by molar-refractivity contribution is -0.384. The molecule has 0 radical (unpaired) electrons. The number of imide groups is 1. The average Bonchev–Trinajstić information content (AvgIpc) is 3.08. The van der Waals surface area contributed by atoms with Crippen molar-refractivity contribution >= 4 is 40.6 Å². The Hall–Kier alpha value is -4.24. The fourth-order valence-electron chi connectivity index (χ4n) is 3.22. The monoisotopic (exact) mass is 474 g/mol. The van der Waals surface area contributed by atoms with E-state index in [1.165, 1.54) is 29.2 Å². The van der Waals surface area contributed by atoms with E-state index in [0.717, 1.165) is 22.9 Å². The maximum Gasteiger partial charge on any atom is 0.343 e. The van der Waals surface area contributed by atoms with Crippen molar-refractivity contribution in [1.82, 2.24) is 4.90 Å². The predicted molar refractivity (Wildman–Crippen MR) is 127 cm³/mol. The molecule has 0 bridgehead atoms. The highest BCUT2D eigenvalue weighted by atomic mass is 32.2. The van der Waals surface area contributed by atoms with E-state index < -0.39 is 10.9 Å². The number of thioether (sulfide) groups is 1. The number of hydrogen-bond donors (Lipinski definition) is 0. The summed E-state index contributed by atoms with van der Waals surface area (Å²) in [5, 5.41) is 10.4. The van der Waals surface area contributed by atoms with Crippen LogP contribution in [0, 0.1) is 17.0 Å². The van der Waals surface area contributed by atoms with Crippen LogP contribution in [0.3, 0.4) is 0 Å². The molecule has 1 heterocycles. The number of esters is 1. The average molecular weight is 474 g/mol. The van der Waals surface area contributed by atoms with Gasteiger partial charge in [0.05, 0.1) is 21.9 Å². The first kappa shape index (κ1) is 22.9. The topological polar surface area (TPSA) is 107 Å². The second-order valence-corrected chi connectivity index (χ2v) is 8.51. The number of amides is 2. The van der Waals surface area contributed by atoms with Crippen LogP contribution in [0.2, 0.25) is 0 Å². The van der Waals surface area contributed by atoms with Crippen LogP contribution in [0.1, 0.15) is 27.0 Å². The fourth-order valence-corrected chi connectivity index (χ4v) is 4.06. The van der Waals surface area contributed by atoms with Crippen molar-refractivity contribution in [1.29, 1.82) is 0 Å². The molecular formula is C25H18N2O6S. The highest BCUT2D eigenvalue weighted by Crippen LogP contribution is 2.33. The first-order valence-electron chi connectivity index (χ1n) is 10.2. The Balaban J connectivity index is 1.46. The van der Waals surface area contributed by atoms with Crippen LogP contribution in [0.4, 0.5) is 10.5 Å². The zero-order valence-electron chi connectivity index (χ0n) is 18.0. The highest BCUT2D eigenvalue weighted by molar-refractivity contribution is 8.18. The number of carbonyl (C=O) groups is 3. The SMILES string of the molecule is Cc1ccc(CN2C(=O)S/C(=C\c3cccc(OC(=O)c4ccc([N+](=O)[O-])cc4)c3)C2=O)cc1. The van der Waals surface area contributed by atoms with Crippen molar-refractivity contribution < 1.29 is 24.0 Å². The van der Waals surface area contributed by atoms with E-state index in [4.69, 9.17) is 4.74 Å². The van der Waals surface area contributed by atoms with Crippen LogP contribution in [0.5, 0.6) is 5.75 Å². The third kappa shape index (κ3) is 5.21. The van der Waals surface area contributed by atoms with Gasteiger partial charge in [-0.25, -0.2) is 4.79 Å². The van der Waals surface area contributed by atoms with Crippen molar-refractivity contribution in [3.05, 3.63) is 110 Å². The molecule has 1 aliphatic rings. The third-order valence-corrected chi connectivity index (χ3v) is 5.92. The molecule has 1 fully saturated rings. The third-order valence-electron chi connectivity index (χ3n) is 5.02. The van der Waals surface area contributed by atoms with Gasteiger partial charge in [0.1, 0.15) is 5.75 Å². The second kappa shape index (κ2) is 9.72. The van der Waals surface area contributed by atoms with Gasteiger partial charge in [0, 0.05) is 12.1 Å². The van der Waals surface area contributed by atoms with E-state index in [2.05, 4.69) is 0 Å². The molecule has 1 aliphatic heterocycles. The van der Waals surface area contributed by atoms with E-state index in [9.17, 15) is 24.5 Å². The number of benzene rings is 3. The molecule has 0 unspecified atom stereocenters. The van der Waals surface area contributed by atoms with Gasteiger partial charge in [-0.2, -0.15) is 0 Å². The summed E-state index contributed by atoms with van der Waals surface area (Å²) in [6, 6.07) is 19.2. The summed E-state index contributed by atoms with van der Waals surface area (Å²) in [6.07, 6.45) is 1.57. The molecule has 0 saturated carbocycles. The quantitative estimate of drug-likeness (QED) is 0.156. The number of non-ortho nitro benzene ring substituents is 1. The van der Waals surface area contributed by atoms with Crippen molar-refractivity contribution in [2.45, 2.75) is 13.5 Å². The number of aryl methyl sites for hydroxylation is 1. The predicted octanol–water partition coefficient (Wildman–Crippen LogP) is 5.36. The van der Waals surface area contributed by atoms with E-state index in [0.29, 0.717) is 5.56 Å². The maximum atomic E-state index is 12.8. The molecule has 3 aromatic carbocycles. The second-order valence-electron chi connectivity index (χ2n) is 7.52. The minimum Gasteiger partial charge on any atom is -0.423 e. The zero-order chi connectivity index (χ0) is 24.2. The number of rotatable bonds is 6. The van der Waals surface area contributed by atoms with Gasteiger partial charge in [-0.05, 0) is 60.2 Å². The van der Waals surface area contributed by atoms with Crippen LogP contribution in [0.25, 0.3) is 6.08 Å². The summed E-state index contributed by atoms with van der Waals surface area (Å²) in [7, 11) is 0. The molecule has 0 aromatic heterocycles. The number of nitro benzene ring substituents is 1. The van der Waals surface area contributed by atoms with Gasteiger partial charge in [-0.15, -0.1) is 0 Å². The molecule has 2 amide bonds. The summed E-state index contributed by atoms with van der Waals surface area (Å²) in [6.45, 7) is 2.15. The lowest BCUT2D eigenvalue weighted by atomic mass is 10.1. The Bertz CT molecular complexity index is 1320. The van der Waals surface area contributed by atoms with Crippen molar-refractivity contribution in [3.63, 3.8) is 0 Å². The van der Waals surface area contributed by atoms with Crippen LogP contribution in [0.15, 0.2) is 77.7 Å². The minimum atomic E-state index is -0.675. The molecule has 3 aromatic rings. The van der Waals surface area contributed by atoms with Gasteiger partial charge < -0.3 is 4.74 Å². The Morgan fingerprint density at radius 3 is 2.44 bits per heavy atom. The number of nitro groups is 1. The molecule has 4 rings (SSSR count). The Morgan fingerprint density at radius 2 is 1.76 bits per heavy atom. The number of carbonyl (C=O) groups excluding carboxylic acids is 3. The van der Waals surface area contributed by atoms with E-state index in [1.807, 2.05) is 31.2 Å². The molecule has 9 heteroatoms. The number of nitrogens with zero attached hydrogens (tertiary/aromatic N) is 2. The van der Waals surface area contributed by atoms with Crippen LogP contribution >= 0.6 is 11.8 Å². The summed E-state index contributed by atoms with van der Waals surface area (Å²) < 4.78 is 5.36. The normalized spacial score (nSPS) is 14.5. The summed E-state index contributed by atoms with van der Waals surface area (Å²) >= 11 is 0.855. The molecule has 8 nitrogen and oxygen atoms in total. The maximum absolute atomic E-state index is 12.8. The van der Waals surface area contributed by atoms with Crippen molar-refractivity contribution in [3.8, 4) is 5.75 Å². The molecule has 170 valence electrons. The first-order valence-corrected chi connectivity index (χ1v) is 11.0. The molecule has 0 spiro atoms.